The van der Waals surface area contributed by atoms with Crippen LogP contribution in [0.2, 0.25) is 0 Å². The van der Waals surface area contributed by atoms with Gasteiger partial charge in [-0.15, -0.1) is 0 Å². The van der Waals surface area contributed by atoms with E-state index in [1.54, 1.807) is 0 Å². The quantitative estimate of drug-likeness (QED) is 0.697. The highest BCUT2D eigenvalue weighted by molar-refractivity contribution is 5.70. The Hall–Kier alpha value is -1.65. The van der Waals surface area contributed by atoms with Crippen molar-refractivity contribution in [3.8, 4) is 5.75 Å². The van der Waals surface area contributed by atoms with Gasteiger partial charge >= 0.3 is 5.97 Å². The molecular weight excluding hydrogens is 194 g/mol. The molecular formula is C9H8F2O3. The Kier molecular flexibility index (Phi) is 3.39. The molecule has 1 aromatic rings. The molecule has 0 unspecified atom stereocenters. The van der Waals surface area contributed by atoms with E-state index in [1.165, 1.54) is 7.11 Å². The molecule has 14 heavy (non-hydrogen) atoms. The van der Waals surface area contributed by atoms with Crippen molar-refractivity contribution in [2.75, 3.05) is 13.7 Å². The first kappa shape index (κ1) is 10.4. The Bertz CT molecular complexity index is 319. The summed E-state index contributed by atoms with van der Waals surface area (Å²) < 4.78 is 34.2. The molecule has 1 rings (SSSR count). The molecule has 0 N–H and O–H groups in total. The predicted octanol–water partition coefficient (Wildman–Crippen LogP) is 1.52. The summed E-state index contributed by atoms with van der Waals surface area (Å²) in [5.74, 6) is -2.18. The van der Waals surface area contributed by atoms with Crippen molar-refractivity contribution >= 4 is 5.97 Å². The predicted molar refractivity (Wildman–Crippen MR) is 43.9 cm³/mol. The average Bonchev–Trinajstić information content (AvgIpc) is 2.12. The monoisotopic (exact) mass is 202 g/mol. The van der Waals surface area contributed by atoms with E-state index >= 15 is 0 Å². The number of ether oxygens (including phenoxy) is 2. The minimum atomic E-state index is -0.759. The average molecular weight is 202 g/mol. The molecule has 0 spiro atoms. The number of methoxy groups -OCH3 is 1. The van der Waals surface area contributed by atoms with E-state index in [-0.39, 0.29) is 12.4 Å². The van der Waals surface area contributed by atoms with Crippen LogP contribution in [-0.2, 0) is 9.53 Å². The Balaban J connectivity index is 2.63. The van der Waals surface area contributed by atoms with Gasteiger partial charge in [-0.3, -0.25) is 0 Å². The van der Waals surface area contributed by atoms with E-state index in [1.807, 2.05) is 0 Å². The fraction of sp³-hybridized carbons (Fsp3) is 0.222. The first-order valence-electron chi connectivity index (χ1n) is 3.77. The van der Waals surface area contributed by atoms with Crippen molar-refractivity contribution in [2.45, 2.75) is 0 Å². The molecule has 0 fully saturated rings. The standard InChI is InChI=1S/C9H8F2O3/c1-13-9(12)5-14-8-3-6(10)2-7(11)4-8/h2-4H,5H2,1H3. The van der Waals surface area contributed by atoms with Crippen LogP contribution >= 0.6 is 0 Å². The zero-order valence-corrected chi connectivity index (χ0v) is 7.42. The number of rotatable bonds is 3. The van der Waals surface area contributed by atoms with Gasteiger partial charge in [0.15, 0.2) is 6.61 Å². The van der Waals surface area contributed by atoms with Crippen molar-refractivity contribution in [1.29, 1.82) is 0 Å². The molecule has 5 heteroatoms. The second-order valence-corrected chi connectivity index (χ2v) is 2.47. The molecule has 0 amide bonds. The highest BCUT2D eigenvalue weighted by Crippen LogP contribution is 2.14. The van der Waals surface area contributed by atoms with Crippen LogP contribution in [-0.4, -0.2) is 19.7 Å². The van der Waals surface area contributed by atoms with Gasteiger partial charge in [-0.2, -0.15) is 0 Å². The van der Waals surface area contributed by atoms with Crippen LogP contribution in [0.1, 0.15) is 0 Å². The van der Waals surface area contributed by atoms with Crippen LogP contribution < -0.4 is 4.74 Å². The molecule has 0 bridgehead atoms. The number of esters is 1. The summed E-state index contributed by atoms with van der Waals surface area (Å²) in [6, 6.07) is 2.67. The number of hydrogen-bond donors (Lipinski definition) is 0. The highest BCUT2D eigenvalue weighted by atomic mass is 19.1. The molecule has 0 atom stereocenters. The Morgan fingerprint density at radius 3 is 2.36 bits per heavy atom. The summed E-state index contributed by atoms with van der Waals surface area (Å²) in [7, 11) is 1.19. The number of carbonyl (C=O) groups is 1. The summed E-state index contributed by atoms with van der Waals surface area (Å²) in [6.45, 7) is -0.376. The molecule has 0 aromatic heterocycles. The number of halogens is 2. The third kappa shape index (κ3) is 3.01. The van der Waals surface area contributed by atoms with E-state index in [0.29, 0.717) is 6.07 Å². The Morgan fingerprint density at radius 1 is 1.29 bits per heavy atom. The van der Waals surface area contributed by atoms with Crippen LogP contribution in [0.15, 0.2) is 18.2 Å². The summed E-state index contributed by atoms with van der Waals surface area (Å²) in [6.07, 6.45) is 0. The van der Waals surface area contributed by atoms with E-state index < -0.39 is 17.6 Å². The van der Waals surface area contributed by atoms with E-state index in [9.17, 15) is 13.6 Å². The number of hydrogen-bond acceptors (Lipinski definition) is 3. The zero-order chi connectivity index (χ0) is 10.6. The fourth-order valence-corrected chi connectivity index (χ4v) is 0.813. The normalized spacial score (nSPS) is 9.64. The number of benzene rings is 1. The van der Waals surface area contributed by atoms with Gasteiger partial charge < -0.3 is 9.47 Å². The van der Waals surface area contributed by atoms with Crippen LogP contribution in [0.4, 0.5) is 8.78 Å². The third-order valence-electron chi connectivity index (χ3n) is 1.42. The lowest BCUT2D eigenvalue weighted by molar-refractivity contribution is -0.142. The second-order valence-electron chi connectivity index (χ2n) is 2.47. The van der Waals surface area contributed by atoms with Crippen LogP contribution in [0.5, 0.6) is 5.75 Å². The molecule has 76 valence electrons. The van der Waals surface area contributed by atoms with Gasteiger partial charge in [-0.1, -0.05) is 0 Å². The fourth-order valence-electron chi connectivity index (χ4n) is 0.813. The van der Waals surface area contributed by atoms with Crippen molar-refractivity contribution in [3.63, 3.8) is 0 Å². The lowest BCUT2D eigenvalue weighted by Gasteiger charge is -2.04. The highest BCUT2D eigenvalue weighted by Gasteiger charge is 2.04. The first-order chi connectivity index (χ1) is 6.61. The largest absolute Gasteiger partial charge is 0.482 e. The molecule has 0 aliphatic carbocycles. The van der Waals surface area contributed by atoms with Gasteiger partial charge in [-0.05, 0) is 0 Å². The van der Waals surface area contributed by atoms with Crippen molar-refractivity contribution in [2.24, 2.45) is 0 Å². The molecule has 0 radical (unpaired) electrons. The molecule has 1 aromatic carbocycles. The second kappa shape index (κ2) is 4.55. The van der Waals surface area contributed by atoms with Gasteiger partial charge in [0.1, 0.15) is 17.4 Å². The van der Waals surface area contributed by atoms with Gasteiger partial charge in [0.2, 0.25) is 0 Å². The summed E-state index contributed by atoms with van der Waals surface area (Å²) in [4.78, 5) is 10.6. The maximum absolute atomic E-state index is 12.6. The minimum Gasteiger partial charge on any atom is -0.482 e. The third-order valence-corrected chi connectivity index (χ3v) is 1.42. The topological polar surface area (TPSA) is 35.5 Å². The van der Waals surface area contributed by atoms with E-state index in [0.717, 1.165) is 12.1 Å². The molecule has 0 saturated heterocycles. The van der Waals surface area contributed by atoms with E-state index in [4.69, 9.17) is 4.74 Å². The smallest absolute Gasteiger partial charge is 0.343 e. The maximum atomic E-state index is 12.6. The Morgan fingerprint density at radius 2 is 1.86 bits per heavy atom. The minimum absolute atomic E-state index is 0.0482. The summed E-state index contributed by atoms with van der Waals surface area (Å²) in [5, 5.41) is 0. The molecule has 3 nitrogen and oxygen atoms in total. The van der Waals surface area contributed by atoms with Crippen molar-refractivity contribution in [1.82, 2.24) is 0 Å². The zero-order valence-electron chi connectivity index (χ0n) is 7.42. The van der Waals surface area contributed by atoms with Gasteiger partial charge in [0.25, 0.3) is 0 Å². The van der Waals surface area contributed by atoms with Crippen LogP contribution in [0.3, 0.4) is 0 Å². The van der Waals surface area contributed by atoms with Crippen molar-refractivity contribution in [3.05, 3.63) is 29.8 Å². The van der Waals surface area contributed by atoms with Crippen molar-refractivity contribution < 1.29 is 23.0 Å². The SMILES string of the molecule is COC(=O)COc1cc(F)cc(F)c1. The number of carbonyl (C=O) groups excluding carboxylic acids is 1. The molecule has 0 aliphatic rings. The molecule has 0 saturated carbocycles. The molecule has 0 aliphatic heterocycles. The lowest BCUT2D eigenvalue weighted by atomic mass is 10.3. The van der Waals surface area contributed by atoms with Gasteiger partial charge in [0.05, 0.1) is 7.11 Å². The lowest BCUT2D eigenvalue weighted by Crippen LogP contribution is -2.12. The van der Waals surface area contributed by atoms with Crippen LogP contribution in [0, 0.1) is 11.6 Å². The van der Waals surface area contributed by atoms with Crippen LogP contribution in [0.25, 0.3) is 0 Å². The first-order valence-corrected chi connectivity index (χ1v) is 3.77. The maximum Gasteiger partial charge on any atom is 0.343 e. The summed E-state index contributed by atoms with van der Waals surface area (Å²) in [5.41, 5.74) is 0. The van der Waals surface area contributed by atoms with E-state index in [2.05, 4.69) is 4.74 Å². The van der Waals surface area contributed by atoms with Gasteiger partial charge in [0, 0.05) is 18.2 Å². The van der Waals surface area contributed by atoms with Gasteiger partial charge in [-0.25, -0.2) is 13.6 Å². The Labute approximate surface area is 79.2 Å². The summed E-state index contributed by atoms with van der Waals surface area (Å²) >= 11 is 0. The molecule has 0 heterocycles.